The van der Waals surface area contributed by atoms with Crippen LogP contribution in [0.5, 0.6) is 0 Å². The smallest absolute Gasteiger partial charge is 0.462 e. The SMILES string of the molecule is CCCCCCCCCCCCCC(=O)OC[C@H](COP(=O)(O)OC[C@@H](O)COP(=O)(O)OC[C@@H](COC(=O)CCCCCCCCCCC)OC(=O)CCCCCCCCC(C)C)OC(=O)CCCCCCCCCCC(C)C. The molecule has 0 radical (unpaired) electrons. The van der Waals surface area contributed by atoms with Crippen LogP contribution in [0.1, 0.15) is 298 Å². The van der Waals surface area contributed by atoms with E-state index in [9.17, 15) is 43.2 Å². The number of hydrogen-bond acceptors (Lipinski definition) is 15. The van der Waals surface area contributed by atoms with Crippen molar-refractivity contribution in [1.82, 2.24) is 0 Å². The Morgan fingerprint density at radius 2 is 0.575 bits per heavy atom. The van der Waals surface area contributed by atoms with Gasteiger partial charge in [0.1, 0.15) is 19.3 Å². The summed E-state index contributed by atoms with van der Waals surface area (Å²) in [6.45, 7) is 9.32. The van der Waals surface area contributed by atoms with Crippen molar-refractivity contribution in [2.75, 3.05) is 39.6 Å². The molecule has 19 heteroatoms. The van der Waals surface area contributed by atoms with E-state index in [1.807, 2.05) is 0 Å². The van der Waals surface area contributed by atoms with E-state index in [1.54, 1.807) is 0 Å². The highest BCUT2D eigenvalue weighted by molar-refractivity contribution is 7.47. The molecule has 0 amide bonds. The van der Waals surface area contributed by atoms with Gasteiger partial charge in [-0.15, -0.1) is 0 Å². The second-order valence-electron chi connectivity index (χ2n) is 23.0. The average molecular weight is 1190 g/mol. The Morgan fingerprint density at radius 3 is 0.850 bits per heavy atom. The van der Waals surface area contributed by atoms with Crippen LogP contribution >= 0.6 is 15.6 Å². The number of phosphoric acid groups is 2. The quantitative estimate of drug-likeness (QED) is 0.0222. The standard InChI is InChI=1S/C61H118O17P2/c1-7-9-11-13-15-17-18-20-25-32-38-44-59(64)72-49-56(77-60(65)45-39-33-26-22-21-23-29-35-41-53(3)4)51-75-79(67,68)73-47-55(62)48-74-80(69,70)76-52-57(78-61(66)46-40-34-28-27-30-36-42-54(5)6)50-71-58(63)43-37-31-24-19-16-14-12-10-8-2/h53-57,62H,7-52H2,1-6H3,(H,67,68)(H,69,70)/t55-,56-,57-/m1/s1. The van der Waals surface area contributed by atoms with Crippen LogP contribution in [0.15, 0.2) is 0 Å². The van der Waals surface area contributed by atoms with Gasteiger partial charge in [0.05, 0.1) is 26.4 Å². The van der Waals surface area contributed by atoms with E-state index in [0.29, 0.717) is 31.6 Å². The molecule has 0 aromatic rings. The van der Waals surface area contributed by atoms with E-state index >= 15 is 0 Å². The van der Waals surface area contributed by atoms with Crippen molar-refractivity contribution in [3.8, 4) is 0 Å². The molecule has 0 rings (SSSR count). The summed E-state index contributed by atoms with van der Waals surface area (Å²) in [7, 11) is -9.88. The van der Waals surface area contributed by atoms with E-state index in [2.05, 4.69) is 41.5 Å². The Bertz CT molecular complexity index is 1580. The highest BCUT2D eigenvalue weighted by Gasteiger charge is 2.30. The molecule has 0 heterocycles. The lowest BCUT2D eigenvalue weighted by atomic mass is 10.0. The van der Waals surface area contributed by atoms with E-state index in [1.165, 1.54) is 116 Å². The van der Waals surface area contributed by atoms with Gasteiger partial charge in [0.15, 0.2) is 12.2 Å². The third kappa shape index (κ3) is 55.3. The van der Waals surface area contributed by atoms with Gasteiger partial charge in [0.25, 0.3) is 0 Å². The Labute approximate surface area is 486 Å². The first-order valence-electron chi connectivity index (χ1n) is 32.0. The zero-order valence-corrected chi connectivity index (χ0v) is 53.2. The minimum atomic E-state index is -4.94. The first kappa shape index (κ1) is 78.1. The second-order valence-corrected chi connectivity index (χ2v) is 25.9. The Balaban J connectivity index is 5.23. The number of phosphoric ester groups is 2. The van der Waals surface area contributed by atoms with Crippen LogP contribution in [-0.2, 0) is 65.4 Å². The summed E-state index contributed by atoms with van der Waals surface area (Å²) < 4.78 is 67.8. The monoisotopic (exact) mass is 1180 g/mol. The Morgan fingerprint density at radius 1 is 0.338 bits per heavy atom. The molecule has 2 unspecified atom stereocenters. The summed E-state index contributed by atoms with van der Waals surface area (Å²) in [6, 6.07) is 0. The molecule has 0 saturated carbocycles. The maximum absolute atomic E-state index is 12.9. The summed E-state index contributed by atoms with van der Waals surface area (Å²) in [5, 5.41) is 10.5. The molecule has 0 spiro atoms. The van der Waals surface area contributed by atoms with Gasteiger partial charge >= 0.3 is 39.5 Å². The van der Waals surface area contributed by atoms with Gasteiger partial charge in [-0.3, -0.25) is 37.3 Å². The Kier molecular flexibility index (Phi) is 52.5. The van der Waals surface area contributed by atoms with Gasteiger partial charge in [-0.05, 0) is 37.5 Å². The van der Waals surface area contributed by atoms with E-state index in [0.717, 1.165) is 95.8 Å². The molecule has 0 fully saturated rings. The van der Waals surface area contributed by atoms with Crippen LogP contribution in [0.2, 0.25) is 0 Å². The molecule has 0 saturated heterocycles. The van der Waals surface area contributed by atoms with Crippen molar-refractivity contribution in [2.24, 2.45) is 11.8 Å². The van der Waals surface area contributed by atoms with Crippen molar-refractivity contribution in [3.05, 3.63) is 0 Å². The van der Waals surface area contributed by atoms with Gasteiger partial charge in [0.2, 0.25) is 0 Å². The second kappa shape index (κ2) is 53.8. The van der Waals surface area contributed by atoms with Crippen LogP contribution < -0.4 is 0 Å². The number of ether oxygens (including phenoxy) is 4. The number of carbonyl (C=O) groups is 4. The average Bonchev–Trinajstić information content (AvgIpc) is 3.41. The highest BCUT2D eigenvalue weighted by atomic mass is 31.2. The fourth-order valence-corrected chi connectivity index (χ4v) is 10.6. The van der Waals surface area contributed by atoms with E-state index < -0.39 is 97.5 Å². The minimum Gasteiger partial charge on any atom is -0.462 e. The van der Waals surface area contributed by atoms with Crippen LogP contribution in [0.25, 0.3) is 0 Å². The summed E-state index contributed by atoms with van der Waals surface area (Å²) in [4.78, 5) is 72.0. The summed E-state index contributed by atoms with van der Waals surface area (Å²) >= 11 is 0. The summed E-state index contributed by atoms with van der Waals surface area (Å²) in [6.07, 6.45) is 35.0. The van der Waals surface area contributed by atoms with Gasteiger partial charge in [-0.25, -0.2) is 9.13 Å². The normalized spacial score (nSPS) is 14.4. The molecular formula is C61H118O17P2. The van der Waals surface area contributed by atoms with E-state index in [4.69, 9.17) is 37.0 Å². The van der Waals surface area contributed by atoms with Crippen LogP contribution in [-0.4, -0.2) is 96.7 Å². The van der Waals surface area contributed by atoms with Crippen LogP contribution in [0, 0.1) is 11.8 Å². The molecule has 0 aliphatic heterocycles. The van der Waals surface area contributed by atoms with Crippen LogP contribution in [0.3, 0.4) is 0 Å². The van der Waals surface area contributed by atoms with Gasteiger partial charge in [-0.2, -0.15) is 0 Å². The number of unbranched alkanes of at least 4 members (excludes halogenated alkanes) is 30. The Hall–Kier alpha value is -1.94. The minimum absolute atomic E-state index is 0.102. The lowest BCUT2D eigenvalue weighted by Gasteiger charge is -2.21. The lowest BCUT2D eigenvalue weighted by Crippen LogP contribution is -2.30. The zero-order valence-electron chi connectivity index (χ0n) is 51.4. The summed E-state index contributed by atoms with van der Waals surface area (Å²) in [5.74, 6) is -0.756. The molecule has 474 valence electrons. The van der Waals surface area contributed by atoms with Crippen LogP contribution in [0.4, 0.5) is 0 Å². The highest BCUT2D eigenvalue weighted by Crippen LogP contribution is 2.45. The molecule has 0 aliphatic rings. The first-order chi connectivity index (χ1) is 38.4. The van der Waals surface area contributed by atoms with Crippen molar-refractivity contribution >= 4 is 39.5 Å². The molecule has 3 N–H and O–H groups in total. The molecule has 17 nitrogen and oxygen atoms in total. The van der Waals surface area contributed by atoms with Crippen molar-refractivity contribution in [3.63, 3.8) is 0 Å². The largest absolute Gasteiger partial charge is 0.472 e. The number of rotatable bonds is 60. The number of aliphatic hydroxyl groups is 1. The molecule has 0 aromatic carbocycles. The topological polar surface area (TPSA) is 237 Å². The fourth-order valence-electron chi connectivity index (χ4n) is 9.00. The molecule has 0 aliphatic carbocycles. The zero-order chi connectivity index (χ0) is 59.4. The van der Waals surface area contributed by atoms with Crippen molar-refractivity contribution < 1.29 is 80.2 Å². The predicted molar refractivity (Wildman–Crippen MR) is 317 cm³/mol. The number of aliphatic hydroxyl groups excluding tert-OH is 1. The molecular weight excluding hydrogens is 1070 g/mol. The third-order valence-corrected chi connectivity index (χ3v) is 15.9. The predicted octanol–water partition coefficient (Wildman–Crippen LogP) is 16.5. The molecule has 80 heavy (non-hydrogen) atoms. The van der Waals surface area contributed by atoms with Gasteiger partial charge < -0.3 is 33.8 Å². The number of hydrogen-bond donors (Lipinski definition) is 3. The summed E-state index contributed by atoms with van der Waals surface area (Å²) in [5.41, 5.74) is 0. The first-order valence-corrected chi connectivity index (χ1v) is 35.0. The maximum atomic E-state index is 12.9. The number of esters is 4. The van der Waals surface area contributed by atoms with Gasteiger partial charge in [-0.1, -0.05) is 247 Å². The van der Waals surface area contributed by atoms with Gasteiger partial charge in [0, 0.05) is 25.7 Å². The van der Waals surface area contributed by atoms with Crippen molar-refractivity contribution in [1.29, 1.82) is 0 Å². The number of carbonyl (C=O) groups excluding carboxylic acids is 4. The molecule has 5 atom stereocenters. The maximum Gasteiger partial charge on any atom is 0.472 e. The third-order valence-electron chi connectivity index (χ3n) is 14.0. The fraction of sp³-hybridized carbons (Fsp3) is 0.934. The molecule has 0 bridgehead atoms. The van der Waals surface area contributed by atoms with Crippen molar-refractivity contribution in [2.45, 2.75) is 317 Å². The lowest BCUT2D eigenvalue weighted by molar-refractivity contribution is -0.161. The molecule has 0 aromatic heterocycles. The van der Waals surface area contributed by atoms with E-state index in [-0.39, 0.29) is 25.7 Å².